The molecule has 0 unspecified atom stereocenters. The lowest BCUT2D eigenvalue weighted by molar-refractivity contribution is 1.19. The largest absolute Gasteiger partial charge is 0.310 e. The van der Waals surface area contributed by atoms with Gasteiger partial charge in [-0.3, -0.25) is 0 Å². The van der Waals surface area contributed by atoms with Crippen molar-refractivity contribution in [1.82, 2.24) is 0 Å². The van der Waals surface area contributed by atoms with E-state index in [1.807, 2.05) is 42.5 Å². The van der Waals surface area contributed by atoms with E-state index in [2.05, 4.69) is 249 Å². The molecule has 0 aliphatic carbocycles. The van der Waals surface area contributed by atoms with Crippen LogP contribution in [-0.2, 0) is 6.42 Å². The van der Waals surface area contributed by atoms with E-state index in [0.29, 0.717) is 0 Å². The Kier molecular flexibility index (Phi) is 15.1. The lowest BCUT2D eigenvalue weighted by Crippen LogP contribution is -2.13. The molecule has 0 radical (unpaired) electrons. The maximum Gasteiger partial charge on any atom is 0.0493 e. The van der Waals surface area contributed by atoms with Crippen LogP contribution >= 0.6 is 63.7 Å². The van der Waals surface area contributed by atoms with Crippen molar-refractivity contribution in [2.45, 2.75) is 6.42 Å². The third-order valence-corrected chi connectivity index (χ3v) is 10.2. The van der Waals surface area contributed by atoms with E-state index in [4.69, 9.17) is 0 Å². The molecule has 0 spiro atoms. The van der Waals surface area contributed by atoms with Gasteiger partial charge in [0.25, 0.3) is 0 Å². The van der Waals surface area contributed by atoms with Crippen molar-refractivity contribution >= 4 is 97.8 Å². The highest BCUT2D eigenvalue weighted by Gasteiger charge is 2.18. The van der Waals surface area contributed by atoms with Crippen LogP contribution in [0.3, 0.4) is 0 Å². The minimum atomic E-state index is 1.02. The van der Waals surface area contributed by atoms with Gasteiger partial charge in [-0.1, -0.05) is 197 Å². The van der Waals surface area contributed by atoms with E-state index in [1.54, 1.807) is 0 Å². The summed E-state index contributed by atoms with van der Waals surface area (Å²) in [5.74, 6) is 0. The fourth-order valence-corrected chi connectivity index (χ4v) is 8.84. The molecule has 6 heteroatoms. The third kappa shape index (κ3) is 12.1. The zero-order valence-electron chi connectivity index (χ0n) is 29.9. The molecule has 0 N–H and O–H groups in total. The quantitative estimate of drug-likeness (QED) is 0.150. The summed E-state index contributed by atoms with van der Waals surface area (Å²) in [4.78, 5) is 4.56. The molecular formula is C49H38Br4N2. The first-order valence-electron chi connectivity index (χ1n) is 17.7. The maximum atomic E-state index is 3.79. The van der Waals surface area contributed by atoms with E-state index in [0.717, 1.165) is 58.4 Å². The molecule has 0 aliphatic heterocycles. The van der Waals surface area contributed by atoms with E-state index in [9.17, 15) is 0 Å². The van der Waals surface area contributed by atoms with E-state index < -0.39 is 0 Å². The topological polar surface area (TPSA) is 6.48 Å². The van der Waals surface area contributed by atoms with Crippen LogP contribution in [0, 0.1) is 0 Å². The van der Waals surface area contributed by atoms with Gasteiger partial charge in [-0.25, -0.2) is 0 Å². The molecule has 0 atom stereocenters. The highest BCUT2D eigenvalue weighted by atomic mass is 79.9. The number of halogens is 4. The predicted octanol–water partition coefficient (Wildman–Crippen LogP) is 16.6. The molecule has 0 bridgehead atoms. The van der Waals surface area contributed by atoms with Crippen molar-refractivity contribution < 1.29 is 0 Å². The maximum absolute atomic E-state index is 3.79. The van der Waals surface area contributed by atoms with E-state index in [1.165, 1.54) is 11.1 Å². The second-order valence-corrected chi connectivity index (χ2v) is 16.1. The van der Waals surface area contributed by atoms with Gasteiger partial charge >= 0.3 is 0 Å². The summed E-state index contributed by atoms with van der Waals surface area (Å²) >= 11 is 13.8. The molecular weight excluding hydrogens is 936 g/mol. The molecule has 0 aliphatic rings. The highest BCUT2D eigenvalue weighted by Crippen LogP contribution is 2.42. The number of rotatable bonds is 8. The minimum absolute atomic E-state index is 1.02. The monoisotopic (exact) mass is 970 g/mol. The molecule has 8 rings (SSSR count). The molecule has 2 nitrogen and oxygen atoms in total. The van der Waals surface area contributed by atoms with Crippen LogP contribution in [-0.4, -0.2) is 0 Å². The first kappa shape index (κ1) is 40.0. The number of benzene rings is 8. The summed E-state index contributed by atoms with van der Waals surface area (Å²) in [5.41, 5.74) is 9.33. The van der Waals surface area contributed by atoms with Crippen molar-refractivity contribution in [3.8, 4) is 0 Å². The summed E-state index contributed by atoms with van der Waals surface area (Å²) in [5, 5.41) is 0. The SMILES string of the molecule is Brc1cc(Br)cc(Br)c1.Brc1cc(N(c2ccccc2)c2ccccc2)cc(N(c2ccccc2)c2ccccc2)c1.c1ccc(Cc2ccccc2)cc1. The van der Waals surface area contributed by atoms with Gasteiger partial charge in [0, 0.05) is 52.0 Å². The summed E-state index contributed by atoms with van der Waals surface area (Å²) in [6.45, 7) is 0. The zero-order chi connectivity index (χ0) is 38.2. The van der Waals surface area contributed by atoms with Gasteiger partial charge in [-0.2, -0.15) is 0 Å². The summed E-state index contributed by atoms with van der Waals surface area (Å²) in [6.07, 6.45) is 1.03. The van der Waals surface area contributed by atoms with Gasteiger partial charge < -0.3 is 9.80 Å². The number of para-hydroxylation sites is 4. The average molecular weight is 974 g/mol. The molecule has 0 amide bonds. The minimum Gasteiger partial charge on any atom is -0.310 e. The van der Waals surface area contributed by atoms with Gasteiger partial charge in [0.1, 0.15) is 0 Å². The molecule has 0 saturated heterocycles. The van der Waals surface area contributed by atoms with Gasteiger partial charge in [0.15, 0.2) is 0 Å². The molecule has 0 aromatic heterocycles. The number of hydrogen-bond donors (Lipinski definition) is 0. The summed E-state index contributed by atoms with van der Waals surface area (Å²) < 4.78 is 4.24. The third-order valence-electron chi connectivity index (χ3n) is 8.36. The Bertz CT molecular complexity index is 2060. The zero-order valence-corrected chi connectivity index (χ0v) is 36.2. The fourth-order valence-electron chi connectivity index (χ4n) is 5.97. The first-order chi connectivity index (χ1) is 26.9. The van der Waals surface area contributed by atoms with Gasteiger partial charge in [-0.15, -0.1) is 0 Å². The first-order valence-corrected chi connectivity index (χ1v) is 20.9. The predicted molar refractivity (Wildman–Crippen MR) is 249 cm³/mol. The Hall–Kier alpha value is -4.72. The fraction of sp³-hybridized carbons (Fsp3) is 0.0204. The van der Waals surface area contributed by atoms with Gasteiger partial charge in [0.05, 0.1) is 0 Å². The van der Waals surface area contributed by atoms with Crippen molar-refractivity contribution in [2.24, 2.45) is 0 Å². The van der Waals surface area contributed by atoms with Crippen LogP contribution in [0.25, 0.3) is 0 Å². The van der Waals surface area contributed by atoms with Crippen LogP contribution in [0.2, 0.25) is 0 Å². The average Bonchev–Trinajstić information content (AvgIpc) is 3.20. The standard InChI is InChI=1S/C30H23BrN2.C13H12.C6H3Br3/c31-24-21-29(32(25-13-5-1-6-14-25)26-15-7-2-8-16-26)23-30(22-24)33(27-17-9-3-10-18-27)28-19-11-4-12-20-28;1-3-7-12(8-4-1)11-13-9-5-2-6-10-13;7-4-1-5(8)3-6(9)2-4/h1-23H;1-10H,11H2;1-3H. The molecule has 0 heterocycles. The number of hydrogen-bond acceptors (Lipinski definition) is 2. The molecule has 8 aromatic carbocycles. The summed E-state index contributed by atoms with van der Waals surface area (Å²) in [6, 6.07) is 75.5. The van der Waals surface area contributed by atoms with Gasteiger partial charge in [0.2, 0.25) is 0 Å². The van der Waals surface area contributed by atoms with Crippen molar-refractivity contribution in [3.05, 3.63) is 247 Å². The molecule has 8 aromatic rings. The number of nitrogens with zero attached hydrogens (tertiary/aromatic N) is 2. The van der Waals surface area contributed by atoms with Crippen molar-refractivity contribution in [3.63, 3.8) is 0 Å². The lowest BCUT2D eigenvalue weighted by Gasteiger charge is -2.29. The molecule has 55 heavy (non-hydrogen) atoms. The lowest BCUT2D eigenvalue weighted by atomic mass is 10.1. The van der Waals surface area contributed by atoms with Crippen LogP contribution in [0.4, 0.5) is 34.1 Å². The Labute approximate surface area is 358 Å². The van der Waals surface area contributed by atoms with Gasteiger partial charge in [-0.05, 0) is 102 Å². The van der Waals surface area contributed by atoms with Crippen LogP contribution in [0.5, 0.6) is 0 Å². The number of anilines is 6. The smallest absolute Gasteiger partial charge is 0.0493 e. The molecule has 0 saturated carbocycles. The Morgan fingerprint density at radius 3 is 0.764 bits per heavy atom. The normalized spacial score (nSPS) is 10.3. The Morgan fingerprint density at radius 1 is 0.255 bits per heavy atom. The van der Waals surface area contributed by atoms with Crippen LogP contribution in [0.15, 0.2) is 236 Å². The second-order valence-electron chi connectivity index (χ2n) is 12.4. The Morgan fingerprint density at radius 2 is 0.491 bits per heavy atom. The van der Waals surface area contributed by atoms with Crippen molar-refractivity contribution in [1.29, 1.82) is 0 Å². The van der Waals surface area contributed by atoms with Crippen LogP contribution < -0.4 is 9.80 Å². The Balaban J connectivity index is 0.000000189. The molecule has 272 valence electrons. The van der Waals surface area contributed by atoms with E-state index in [-0.39, 0.29) is 0 Å². The summed E-state index contributed by atoms with van der Waals surface area (Å²) in [7, 11) is 0. The van der Waals surface area contributed by atoms with E-state index >= 15 is 0 Å². The van der Waals surface area contributed by atoms with Crippen LogP contribution in [0.1, 0.15) is 11.1 Å². The van der Waals surface area contributed by atoms with Crippen molar-refractivity contribution in [2.75, 3.05) is 9.80 Å². The molecule has 0 fully saturated rings. The highest BCUT2D eigenvalue weighted by molar-refractivity contribution is 9.11. The second kappa shape index (κ2) is 20.8.